The van der Waals surface area contributed by atoms with Crippen LogP contribution in [0.25, 0.3) is 0 Å². The Kier molecular flexibility index (Phi) is 15.9. The first-order valence-corrected chi connectivity index (χ1v) is 13.9. The standard InChI is InChI=1S/C24H43N3O2S2/c1-6-8-10-12-13-14-16-20(30-17-15-11-9-7-2)22(28)27-21-23(29-5)25-18-26-24(21)31-19(3)4/h18-20H,6-17H2,1-5H3,(H,27,28). The second-order valence-corrected chi connectivity index (χ2v) is 11.1. The van der Waals surface area contributed by atoms with Crippen LogP contribution in [0.1, 0.15) is 98.3 Å². The van der Waals surface area contributed by atoms with Crippen molar-refractivity contribution in [3.8, 4) is 5.88 Å². The van der Waals surface area contributed by atoms with Gasteiger partial charge in [0, 0.05) is 5.25 Å². The number of carbonyl (C=O) groups excluding carboxylic acids is 1. The van der Waals surface area contributed by atoms with Crippen molar-refractivity contribution in [2.45, 2.75) is 114 Å². The first-order valence-electron chi connectivity index (χ1n) is 12.0. The van der Waals surface area contributed by atoms with E-state index >= 15 is 0 Å². The van der Waals surface area contributed by atoms with E-state index < -0.39 is 0 Å². The maximum absolute atomic E-state index is 13.3. The zero-order valence-electron chi connectivity index (χ0n) is 20.2. The number of hydrogen-bond donors (Lipinski definition) is 1. The summed E-state index contributed by atoms with van der Waals surface area (Å²) in [6, 6.07) is 0. The van der Waals surface area contributed by atoms with E-state index in [1.54, 1.807) is 30.6 Å². The highest BCUT2D eigenvalue weighted by molar-refractivity contribution is 8.00. The van der Waals surface area contributed by atoms with Crippen molar-refractivity contribution < 1.29 is 9.53 Å². The first-order chi connectivity index (χ1) is 15.0. The van der Waals surface area contributed by atoms with E-state index in [-0.39, 0.29) is 11.2 Å². The summed E-state index contributed by atoms with van der Waals surface area (Å²) in [5.41, 5.74) is 0.605. The van der Waals surface area contributed by atoms with Crippen molar-refractivity contribution in [2.24, 2.45) is 0 Å². The molecule has 7 heteroatoms. The molecule has 0 radical (unpaired) electrons. The van der Waals surface area contributed by atoms with Gasteiger partial charge in [-0.1, -0.05) is 85.5 Å². The number of nitrogens with one attached hydrogen (secondary N) is 1. The van der Waals surface area contributed by atoms with E-state index in [1.165, 1.54) is 64.1 Å². The zero-order valence-corrected chi connectivity index (χ0v) is 21.9. The van der Waals surface area contributed by atoms with E-state index in [0.29, 0.717) is 16.8 Å². The minimum absolute atomic E-state index is 0.0467. The summed E-state index contributed by atoms with van der Waals surface area (Å²) in [7, 11) is 1.58. The molecule has 0 aliphatic carbocycles. The molecular formula is C24H43N3O2S2. The molecule has 31 heavy (non-hydrogen) atoms. The second kappa shape index (κ2) is 17.6. The van der Waals surface area contributed by atoms with E-state index in [0.717, 1.165) is 23.6 Å². The molecule has 1 amide bonds. The Morgan fingerprint density at radius 1 is 1.00 bits per heavy atom. The first kappa shape index (κ1) is 28.1. The number of carbonyl (C=O) groups is 1. The average molecular weight is 470 g/mol. The number of nitrogens with zero attached hydrogens (tertiary/aromatic N) is 2. The number of anilines is 1. The molecule has 1 aromatic heterocycles. The minimum atomic E-state index is -0.0467. The number of ether oxygens (including phenoxy) is 1. The van der Waals surface area contributed by atoms with Gasteiger partial charge in [-0.05, 0) is 18.6 Å². The number of rotatable bonds is 18. The SMILES string of the molecule is CCCCCCCCC(SCCCCCC)C(=O)Nc1c(OC)ncnc1SC(C)C. The van der Waals surface area contributed by atoms with E-state index in [1.807, 2.05) is 0 Å². The van der Waals surface area contributed by atoms with E-state index in [9.17, 15) is 4.79 Å². The molecule has 1 N–H and O–H groups in total. The van der Waals surface area contributed by atoms with Gasteiger partial charge in [-0.15, -0.1) is 23.5 Å². The number of aromatic nitrogens is 2. The van der Waals surface area contributed by atoms with Crippen LogP contribution in [0.2, 0.25) is 0 Å². The summed E-state index contributed by atoms with van der Waals surface area (Å²) in [5.74, 6) is 1.51. The Labute approximate surface area is 198 Å². The van der Waals surface area contributed by atoms with Gasteiger partial charge in [0.05, 0.1) is 12.4 Å². The predicted octanol–water partition coefficient (Wildman–Crippen LogP) is 7.36. The van der Waals surface area contributed by atoms with Crippen molar-refractivity contribution in [1.82, 2.24) is 9.97 Å². The van der Waals surface area contributed by atoms with Crippen molar-refractivity contribution in [1.29, 1.82) is 0 Å². The topological polar surface area (TPSA) is 64.1 Å². The van der Waals surface area contributed by atoms with Crippen LogP contribution in [0.15, 0.2) is 11.4 Å². The van der Waals surface area contributed by atoms with Crippen LogP contribution >= 0.6 is 23.5 Å². The Morgan fingerprint density at radius 2 is 1.65 bits per heavy atom. The fourth-order valence-electron chi connectivity index (χ4n) is 3.29. The normalized spacial score (nSPS) is 12.2. The molecule has 0 saturated heterocycles. The Balaban J connectivity index is 2.78. The predicted molar refractivity (Wildman–Crippen MR) is 137 cm³/mol. The summed E-state index contributed by atoms with van der Waals surface area (Å²) < 4.78 is 5.42. The Bertz CT molecular complexity index is 614. The quantitative estimate of drug-likeness (QED) is 0.138. The maximum atomic E-state index is 13.3. The molecule has 0 aliphatic rings. The van der Waals surface area contributed by atoms with Crippen molar-refractivity contribution in [3.05, 3.63) is 6.33 Å². The molecule has 1 heterocycles. The Morgan fingerprint density at radius 3 is 2.29 bits per heavy atom. The van der Waals surface area contributed by atoms with Crippen LogP contribution < -0.4 is 10.1 Å². The molecule has 1 atom stereocenters. The van der Waals surface area contributed by atoms with Crippen molar-refractivity contribution >= 4 is 35.1 Å². The fraction of sp³-hybridized carbons (Fsp3) is 0.792. The van der Waals surface area contributed by atoms with Gasteiger partial charge in [-0.25, -0.2) is 4.98 Å². The largest absolute Gasteiger partial charge is 0.479 e. The van der Waals surface area contributed by atoms with Crippen molar-refractivity contribution in [2.75, 3.05) is 18.2 Å². The summed E-state index contributed by atoms with van der Waals surface area (Å²) in [6.45, 7) is 8.68. The van der Waals surface area contributed by atoms with Crippen LogP contribution in [0.4, 0.5) is 5.69 Å². The van der Waals surface area contributed by atoms with Crippen LogP contribution in [0.5, 0.6) is 5.88 Å². The van der Waals surface area contributed by atoms with E-state index in [2.05, 4.69) is 43.0 Å². The van der Waals surface area contributed by atoms with Crippen LogP contribution in [-0.4, -0.2) is 39.2 Å². The van der Waals surface area contributed by atoms with Gasteiger partial charge in [0.1, 0.15) is 17.0 Å². The maximum Gasteiger partial charge on any atom is 0.241 e. The number of amides is 1. The van der Waals surface area contributed by atoms with Gasteiger partial charge in [0.25, 0.3) is 0 Å². The average Bonchev–Trinajstić information content (AvgIpc) is 2.75. The van der Waals surface area contributed by atoms with Gasteiger partial charge in [0.15, 0.2) is 0 Å². The molecule has 0 bridgehead atoms. The van der Waals surface area contributed by atoms with Gasteiger partial charge >= 0.3 is 0 Å². The number of thioether (sulfide) groups is 2. The van der Waals surface area contributed by atoms with Crippen molar-refractivity contribution in [3.63, 3.8) is 0 Å². The number of hydrogen-bond acceptors (Lipinski definition) is 6. The van der Waals surface area contributed by atoms with Gasteiger partial charge < -0.3 is 10.1 Å². The zero-order chi connectivity index (χ0) is 22.9. The lowest BCUT2D eigenvalue weighted by Gasteiger charge is -2.19. The van der Waals surface area contributed by atoms with Crippen LogP contribution in [0.3, 0.4) is 0 Å². The van der Waals surface area contributed by atoms with Crippen LogP contribution in [0, 0.1) is 0 Å². The Hall–Kier alpha value is -0.950. The molecule has 0 spiro atoms. The molecule has 5 nitrogen and oxygen atoms in total. The summed E-state index contributed by atoms with van der Waals surface area (Å²) >= 11 is 3.41. The molecule has 1 aromatic rings. The molecule has 0 aliphatic heterocycles. The molecule has 0 saturated carbocycles. The van der Waals surface area contributed by atoms with E-state index in [4.69, 9.17) is 4.74 Å². The summed E-state index contributed by atoms with van der Waals surface area (Å²) in [6.07, 6.45) is 14.7. The van der Waals surface area contributed by atoms with Gasteiger partial charge in [-0.3, -0.25) is 4.79 Å². The number of methoxy groups -OCH3 is 1. The highest BCUT2D eigenvalue weighted by Gasteiger charge is 2.23. The van der Waals surface area contributed by atoms with Gasteiger partial charge in [-0.2, -0.15) is 4.98 Å². The molecule has 0 aromatic carbocycles. The lowest BCUT2D eigenvalue weighted by Crippen LogP contribution is -2.26. The third-order valence-corrected chi connectivity index (χ3v) is 7.38. The molecule has 1 unspecified atom stereocenters. The smallest absolute Gasteiger partial charge is 0.241 e. The van der Waals surface area contributed by atoms with Gasteiger partial charge in [0.2, 0.25) is 11.8 Å². The monoisotopic (exact) mass is 469 g/mol. The fourth-order valence-corrected chi connectivity index (χ4v) is 5.30. The second-order valence-electron chi connectivity index (χ2n) is 8.20. The molecule has 178 valence electrons. The lowest BCUT2D eigenvalue weighted by atomic mass is 10.1. The highest BCUT2D eigenvalue weighted by Crippen LogP contribution is 2.34. The minimum Gasteiger partial charge on any atom is -0.479 e. The highest BCUT2D eigenvalue weighted by atomic mass is 32.2. The molecule has 1 rings (SSSR count). The summed E-state index contributed by atoms with van der Waals surface area (Å²) in [5, 5.41) is 4.19. The molecular weight excluding hydrogens is 426 g/mol. The third kappa shape index (κ3) is 12.0. The number of unbranched alkanes of at least 4 members (excludes halogenated alkanes) is 8. The third-order valence-electron chi connectivity index (χ3n) is 5.00. The summed E-state index contributed by atoms with van der Waals surface area (Å²) in [4.78, 5) is 21.9. The lowest BCUT2D eigenvalue weighted by molar-refractivity contribution is -0.115. The van der Waals surface area contributed by atoms with Crippen LogP contribution in [-0.2, 0) is 4.79 Å². The molecule has 0 fully saturated rings.